The van der Waals surface area contributed by atoms with Crippen LogP contribution in [0.15, 0.2) is 97.1 Å². The molecule has 6 rings (SSSR count). The molecule has 0 unspecified atom stereocenters. The number of nitrogens with one attached hydrogen (secondary N) is 1. The molecule has 1 aromatic heterocycles. The van der Waals surface area contributed by atoms with Crippen LogP contribution in [0.5, 0.6) is 0 Å². The van der Waals surface area contributed by atoms with E-state index in [0.717, 1.165) is 62.7 Å². The lowest BCUT2D eigenvalue weighted by atomic mass is 10.0. The van der Waals surface area contributed by atoms with Gasteiger partial charge in [0.15, 0.2) is 5.82 Å². The minimum absolute atomic E-state index is 0.0755. The van der Waals surface area contributed by atoms with Crippen molar-refractivity contribution in [3.8, 4) is 11.4 Å². The molecule has 4 aromatic carbocycles. The summed E-state index contributed by atoms with van der Waals surface area (Å²) < 4.78 is 0. The Bertz CT molecular complexity index is 1670. The molecule has 2 heterocycles. The van der Waals surface area contributed by atoms with Crippen LogP contribution in [-0.4, -0.2) is 47.1 Å². The first-order valence-corrected chi connectivity index (χ1v) is 14.4. The van der Waals surface area contributed by atoms with Crippen LogP contribution in [0, 0.1) is 6.92 Å². The van der Waals surface area contributed by atoms with E-state index >= 15 is 0 Å². The number of hydrogen-bond donors (Lipinski definition) is 1. The fourth-order valence-electron chi connectivity index (χ4n) is 5.43. The zero-order valence-corrected chi connectivity index (χ0v) is 23.8. The van der Waals surface area contributed by atoms with Crippen molar-refractivity contribution in [1.82, 2.24) is 14.9 Å². The molecule has 0 atom stereocenters. The van der Waals surface area contributed by atoms with Gasteiger partial charge in [-0.1, -0.05) is 90.5 Å². The summed E-state index contributed by atoms with van der Waals surface area (Å²) in [4.78, 5) is 27.7. The Morgan fingerprint density at radius 2 is 1.59 bits per heavy atom. The quantitative estimate of drug-likeness (QED) is 0.240. The monoisotopic (exact) mass is 561 g/mol. The van der Waals surface area contributed by atoms with Crippen LogP contribution in [-0.2, 0) is 6.42 Å². The Hall–Kier alpha value is -4.42. The minimum Gasteiger partial charge on any atom is -0.354 e. The number of fused-ring (bicyclic) bond motifs is 1. The molecule has 0 spiro atoms. The normalized spacial score (nSPS) is 13.7. The Kier molecular flexibility index (Phi) is 7.83. The molecule has 5 aromatic rings. The fourth-order valence-corrected chi connectivity index (χ4v) is 5.56. The van der Waals surface area contributed by atoms with Gasteiger partial charge in [-0.3, -0.25) is 0 Å². The number of halogens is 1. The van der Waals surface area contributed by atoms with Gasteiger partial charge in [0, 0.05) is 59.8 Å². The number of aryl methyl sites for hydroxylation is 1. The van der Waals surface area contributed by atoms with Crippen molar-refractivity contribution in [2.45, 2.75) is 19.8 Å². The third kappa shape index (κ3) is 6.03. The maximum Gasteiger partial charge on any atom is 0.321 e. The molecule has 1 aliphatic rings. The Balaban J connectivity index is 1.26. The fraction of sp³-hybridized carbons (Fsp3) is 0.206. The SMILES string of the molecule is Cc1nc(-c2ccccc2)nc(N2CCCN(C(=O)Nc3cccc4ccccc34)CC2)c1Cc1ccc(Cl)cc1. The number of amides is 2. The Labute approximate surface area is 245 Å². The van der Waals surface area contributed by atoms with Gasteiger partial charge in [-0.15, -0.1) is 0 Å². The molecule has 0 radical (unpaired) electrons. The van der Waals surface area contributed by atoms with Crippen LogP contribution < -0.4 is 10.2 Å². The zero-order chi connectivity index (χ0) is 28.2. The Morgan fingerprint density at radius 1 is 0.829 bits per heavy atom. The van der Waals surface area contributed by atoms with Crippen molar-refractivity contribution < 1.29 is 4.79 Å². The van der Waals surface area contributed by atoms with E-state index in [1.807, 2.05) is 77.7 Å². The van der Waals surface area contributed by atoms with E-state index in [4.69, 9.17) is 21.6 Å². The number of aromatic nitrogens is 2. The van der Waals surface area contributed by atoms with Gasteiger partial charge in [0.05, 0.1) is 5.69 Å². The van der Waals surface area contributed by atoms with Crippen LogP contribution in [0.25, 0.3) is 22.2 Å². The molecule has 7 heteroatoms. The standard InChI is InChI=1S/C34H32ClN5O/c1-24-30(23-25-15-17-28(35)18-16-25)33(38-32(36-24)27-10-3-2-4-11-27)39-19-8-20-40(22-21-39)34(41)37-31-14-7-12-26-9-5-6-13-29(26)31/h2-7,9-18H,8,19-23H2,1H3,(H,37,41). The number of urea groups is 1. The third-order valence-electron chi connectivity index (χ3n) is 7.63. The van der Waals surface area contributed by atoms with Crippen LogP contribution >= 0.6 is 11.6 Å². The maximum atomic E-state index is 13.4. The maximum absolute atomic E-state index is 13.4. The lowest BCUT2D eigenvalue weighted by molar-refractivity contribution is 0.215. The lowest BCUT2D eigenvalue weighted by Crippen LogP contribution is -2.38. The topological polar surface area (TPSA) is 61.4 Å². The van der Waals surface area contributed by atoms with E-state index in [0.29, 0.717) is 31.9 Å². The van der Waals surface area contributed by atoms with Crippen LogP contribution in [0.2, 0.25) is 5.02 Å². The number of carbonyl (C=O) groups excluding carboxylic acids is 1. The summed E-state index contributed by atoms with van der Waals surface area (Å²) in [5.41, 5.74) is 5.03. The zero-order valence-electron chi connectivity index (χ0n) is 23.1. The molecule has 0 aliphatic carbocycles. The van der Waals surface area contributed by atoms with E-state index in [1.165, 1.54) is 0 Å². The summed E-state index contributed by atoms with van der Waals surface area (Å²) >= 11 is 6.15. The molecule has 1 saturated heterocycles. The molecular weight excluding hydrogens is 530 g/mol. The molecular formula is C34H32ClN5O. The first-order chi connectivity index (χ1) is 20.0. The molecule has 206 valence electrons. The minimum atomic E-state index is -0.0755. The smallest absolute Gasteiger partial charge is 0.321 e. The van der Waals surface area contributed by atoms with E-state index in [-0.39, 0.29) is 6.03 Å². The van der Waals surface area contributed by atoms with Crippen LogP contribution in [0.3, 0.4) is 0 Å². The number of rotatable bonds is 5. The van der Waals surface area contributed by atoms with Gasteiger partial charge >= 0.3 is 6.03 Å². The van der Waals surface area contributed by atoms with Gasteiger partial charge in [-0.05, 0) is 42.5 Å². The van der Waals surface area contributed by atoms with Crippen molar-refractivity contribution in [1.29, 1.82) is 0 Å². The molecule has 0 saturated carbocycles. The number of carbonyl (C=O) groups is 1. The predicted molar refractivity (Wildman–Crippen MR) is 168 cm³/mol. The third-order valence-corrected chi connectivity index (χ3v) is 7.88. The van der Waals surface area contributed by atoms with Crippen LogP contribution in [0.4, 0.5) is 16.3 Å². The number of nitrogens with zero attached hydrogens (tertiary/aromatic N) is 4. The van der Waals surface area contributed by atoms with E-state index in [1.54, 1.807) is 0 Å². The largest absolute Gasteiger partial charge is 0.354 e. The van der Waals surface area contributed by atoms with Crippen molar-refractivity contribution in [2.75, 3.05) is 36.4 Å². The van der Waals surface area contributed by atoms with Gasteiger partial charge in [-0.25, -0.2) is 14.8 Å². The summed E-state index contributed by atoms with van der Waals surface area (Å²) in [6.45, 7) is 4.82. The second-order valence-corrected chi connectivity index (χ2v) is 10.8. The van der Waals surface area contributed by atoms with Gasteiger partial charge in [0.25, 0.3) is 0 Å². The summed E-state index contributed by atoms with van der Waals surface area (Å²) in [5.74, 6) is 1.65. The van der Waals surface area contributed by atoms with Gasteiger partial charge in [0.1, 0.15) is 5.82 Å². The number of anilines is 2. The van der Waals surface area contributed by atoms with Crippen molar-refractivity contribution in [3.05, 3.63) is 119 Å². The molecule has 41 heavy (non-hydrogen) atoms. The number of hydrogen-bond acceptors (Lipinski definition) is 4. The second kappa shape index (κ2) is 12.0. The average molecular weight is 562 g/mol. The van der Waals surface area contributed by atoms with Crippen molar-refractivity contribution in [2.24, 2.45) is 0 Å². The highest BCUT2D eigenvalue weighted by Gasteiger charge is 2.24. The highest BCUT2D eigenvalue weighted by molar-refractivity contribution is 6.30. The first-order valence-electron chi connectivity index (χ1n) is 14.0. The summed E-state index contributed by atoms with van der Waals surface area (Å²) in [6.07, 6.45) is 1.54. The van der Waals surface area contributed by atoms with E-state index < -0.39 is 0 Å². The van der Waals surface area contributed by atoms with E-state index in [2.05, 4.69) is 41.4 Å². The van der Waals surface area contributed by atoms with Crippen LogP contribution in [0.1, 0.15) is 23.2 Å². The average Bonchev–Trinajstić information content (AvgIpc) is 3.26. The molecule has 0 bridgehead atoms. The highest BCUT2D eigenvalue weighted by Crippen LogP contribution is 2.29. The van der Waals surface area contributed by atoms with Gasteiger partial charge in [-0.2, -0.15) is 0 Å². The summed E-state index contributed by atoms with van der Waals surface area (Å²) in [6, 6.07) is 32.1. The summed E-state index contributed by atoms with van der Waals surface area (Å²) in [5, 5.41) is 6.02. The van der Waals surface area contributed by atoms with Crippen molar-refractivity contribution in [3.63, 3.8) is 0 Å². The molecule has 6 nitrogen and oxygen atoms in total. The molecule has 1 aliphatic heterocycles. The lowest BCUT2D eigenvalue weighted by Gasteiger charge is -2.26. The van der Waals surface area contributed by atoms with Crippen molar-refractivity contribution >= 4 is 39.9 Å². The molecule has 1 fully saturated rings. The first kappa shape index (κ1) is 26.8. The molecule has 1 N–H and O–H groups in total. The Morgan fingerprint density at radius 3 is 2.41 bits per heavy atom. The summed E-state index contributed by atoms with van der Waals surface area (Å²) in [7, 11) is 0. The molecule has 2 amide bonds. The van der Waals surface area contributed by atoms with Gasteiger partial charge < -0.3 is 15.1 Å². The predicted octanol–water partition coefficient (Wildman–Crippen LogP) is 7.59. The second-order valence-electron chi connectivity index (χ2n) is 10.4. The van der Waals surface area contributed by atoms with E-state index in [9.17, 15) is 4.79 Å². The van der Waals surface area contributed by atoms with Gasteiger partial charge in [0.2, 0.25) is 0 Å². The number of benzene rings is 4. The highest BCUT2D eigenvalue weighted by atomic mass is 35.5.